The fourth-order valence-electron chi connectivity index (χ4n) is 2.00. The van der Waals surface area contributed by atoms with Crippen molar-refractivity contribution in [3.63, 3.8) is 0 Å². The van der Waals surface area contributed by atoms with Crippen molar-refractivity contribution in [3.05, 3.63) is 0 Å². The van der Waals surface area contributed by atoms with Gasteiger partial charge in [-0.2, -0.15) is 0 Å². The van der Waals surface area contributed by atoms with E-state index in [1.165, 1.54) is 6.92 Å². The first-order valence-electron chi connectivity index (χ1n) is 8.91. The van der Waals surface area contributed by atoms with Gasteiger partial charge in [0.25, 0.3) is 0 Å². The number of aliphatic carboxylic acids is 1. The summed E-state index contributed by atoms with van der Waals surface area (Å²) >= 11 is 0. The second kappa shape index (κ2) is 15.2. The van der Waals surface area contributed by atoms with Gasteiger partial charge in [0.05, 0.1) is 6.61 Å². The average Bonchev–Trinajstić information content (AvgIpc) is 2.70. The fourth-order valence-corrected chi connectivity index (χ4v) is 4.30. The molecule has 5 unspecified atom stereocenters. The van der Waals surface area contributed by atoms with Crippen LogP contribution in [0.4, 0.5) is 0 Å². The van der Waals surface area contributed by atoms with Crippen molar-refractivity contribution in [1.29, 1.82) is 0 Å². The summed E-state index contributed by atoms with van der Waals surface area (Å²) in [5.74, 6) is -3.34. The van der Waals surface area contributed by atoms with Crippen LogP contribution in [0.3, 0.4) is 0 Å². The van der Waals surface area contributed by atoms with Gasteiger partial charge >= 0.3 is 11.9 Å². The quantitative estimate of drug-likeness (QED) is 0.0635. The lowest BCUT2D eigenvalue weighted by atomic mass is 10.0. The SMILES string of the molecule is CC(=O)NC(CSSC[C@H](NC(C)=O)C(=O)O)C(=O)OCC(O)C(O)C(O)C(O)CO. The van der Waals surface area contributed by atoms with Crippen LogP contribution in [0.25, 0.3) is 0 Å². The van der Waals surface area contributed by atoms with E-state index in [-0.39, 0.29) is 11.5 Å². The number of carboxylic acid groups (broad SMARTS) is 1. The summed E-state index contributed by atoms with van der Waals surface area (Å²) in [4.78, 5) is 45.6. The lowest BCUT2D eigenvalue weighted by molar-refractivity contribution is -0.158. The summed E-state index contributed by atoms with van der Waals surface area (Å²) in [6.45, 7) is 0.688. The number of amides is 2. The minimum atomic E-state index is -1.92. The van der Waals surface area contributed by atoms with Gasteiger partial charge in [-0.3, -0.25) is 9.59 Å². The maximum atomic E-state index is 12.2. The molecule has 0 rings (SSSR count). The van der Waals surface area contributed by atoms with Crippen LogP contribution in [0, 0.1) is 0 Å². The molecule has 2 amide bonds. The average molecular weight is 489 g/mol. The number of hydrogen-bond acceptors (Lipinski definition) is 12. The highest BCUT2D eigenvalue weighted by molar-refractivity contribution is 8.76. The zero-order valence-electron chi connectivity index (χ0n) is 16.8. The molecular weight excluding hydrogens is 460 g/mol. The molecule has 6 atom stereocenters. The number of carboxylic acids is 1. The van der Waals surface area contributed by atoms with Crippen molar-refractivity contribution in [2.24, 2.45) is 0 Å². The zero-order valence-corrected chi connectivity index (χ0v) is 18.5. The second-order valence-corrected chi connectivity index (χ2v) is 8.89. The van der Waals surface area contributed by atoms with E-state index in [0.29, 0.717) is 0 Å². The first-order valence-corrected chi connectivity index (χ1v) is 11.4. The van der Waals surface area contributed by atoms with Gasteiger partial charge in [-0.15, -0.1) is 0 Å². The van der Waals surface area contributed by atoms with Crippen molar-refractivity contribution in [1.82, 2.24) is 10.6 Å². The van der Waals surface area contributed by atoms with Crippen LogP contribution in [-0.2, 0) is 23.9 Å². The van der Waals surface area contributed by atoms with E-state index in [9.17, 15) is 39.6 Å². The van der Waals surface area contributed by atoms with E-state index in [2.05, 4.69) is 10.6 Å². The van der Waals surface area contributed by atoms with E-state index in [1.54, 1.807) is 0 Å². The largest absolute Gasteiger partial charge is 0.480 e. The van der Waals surface area contributed by atoms with Crippen molar-refractivity contribution < 1.29 is 54.6 Å². The van der Waals surface area contributed by atoms with Crippen LogP contribution in [0.5, 0.6) is 0 Å². The summed E-state index contributed by atoms with van der Waals surface area (Å²) in [5, 5.41) is 60.6. The Morgan fingerprint density at radius 3 is 1.74 bits per heavy atom. The Labute approximate surface area is 185 Å². The van der Waals surface area contributed by atoms with Crippen LogP contribution < -0.4 is 10.6 Å². The number of carbonyl (C=O) groups is 4. The molecule has 31 heavy (non-hydrogen) atoms. The van der Waals surface area contributed by atoms with Gasteiger partial charge < -0.3 is 46.0 Å². The second-order valence-electron chi connectivity index (χ2n) is 6.34. The number of esters is 1. The molecule has 0 aromatic carbocycles. The molecule has 13 nitrogen and oxygen atoms in total. The van der Waals surface area contributed by atoms with Crippen molar-refractivity contribution >= 4 is 45.3 Å². The molecule has 0 fully saturated rings. The van der Waals surface area contributed by atoms with Gasteiger partial charge in [0, 0.05) is 25.4 Å². The number of carbonyl (C=O) groups excluding carboxylic acids is 3. The topological polar surface area (TPSA) is 223 Å². The smallest absolute Gasteiger partial charge is 0.329 e. The third kappa shape index (κ3) is 12.1. The molecule has 0 bridgehead atoms. The summed E-state index contributed by atoms with van der Waals surface area (Å²) in [7, 11) is 2.06. The predicted molar refractivity (Wildman–Crippen MR) is 110 cm³/mol. The van der Waals surface area contributed by atoms with E-state index >= 15 is 0 Å². The summed E-state index contributed by atoms with van der Waals surface area (Å²) in [6, 6.07) is -2.31. The zero-order chi connectivity index (χ0) is 24.1. The Hall–Kier alpha value is -1.62. The highest BCUT2D eigenvalue weighted by Crippen LogP contribution is 2.23. The molecule has 0 radical (unpaired) electrons. The molecule has 0 aromatic rings. The Balaban J connectivity index is 4.68. The summed E-state index contributed by atoms with van der Waals surface area (Å²) < 4.78 is 4.83. The lowest BCUT2D eigenvalue weighted by Gasteiger charge is -2.26. The molecule has 0 aliphatic rings. The number of nitrogens with one attached hydrogen (secondary N) is 2. The number of ether oxygens (including phenoxy) is 1. The first-order chi connectivity index (χ1) is 14.4. The molecule has 0 saturated carbocycles. The van der Waals surface area contributed by atoms with Crippen molar-refractivity contribution in [2.75, 3.05) is 24.7 Å². The van der Waals surface area contributed by atoms with Gasteiger partial charge in [0.15, 0.2) is 0 Å². The molecule has 0 heterocycles. The maximum Gasteiger partial charge on any atom is 0.329 e. The standard InChI is InChI=1S/C16H28N2O11S2/c1-7(20)17-9(15(26)27)5-30-31-6-10(18-8(2)21)16(28)29-4-12(23)14(25)13(24)11(22)3-19/h9-14,19,22-25H,3-6H2,1-2H3,(H,17,20)(H,18,21)(H,26,27)/t9-,10?,11?,12?,13?,14?/m0/s1. The Morgan fingerprint density at radius 2 is 1.29 bits per heavy atom. The van der Waals surface area contributed by atoms with Gasteiger partial charge in [-0.05, 0) is 0 Å². The Bertz CT molecular complexity index is 610. The molecule has 0 spiro atoms. The number of hydrogen-bond donors (Lipinski definition) is 8. The van der Waals surface area contributed by atoms with Crippen LogP contribution in [-0.4, -0.2) is 116 Å². The number of aliphatic hydroxyl groups is 5. The maximum absolute atomic E-state index is 12.2. The molecule has 0 aliphatic carbocycles. The normalized spacial score (nSPS) is 16.9. The van der Waals surface area contributed by atoms with Gasteiger partial charge in [0.1, 0.15) is 43.1 Å². The fraction of sp³-hybridized carbons (Fsp3) is 0.750. The van der Waals surface area contributed by atoms with Crippen LogP contribution >= 0.6 is 21.6 Å². The first kappa shape index (κ1) is 29.4. The molecule has 15 heteroatoms. The minimum Gasteiger partial charge on any atom is -0.480 e. The van der Waals surface area contributed by atoms with E-state index in [4.69, 9.17) is 14.9 Å². The molecule has 8 N–H and O–H groups in total. The highest BCUT2D eigenvalue weighted by atomic mass is 33.1. The third-order valence-electron chi connectivity index (χ3n) is 3.61. The van der Waals surface area contributed by atoms with Gasteiger partial charge in [-0.25, -0.2) is 9.59 Å². The van der Waals surface area contributed by atoms with Crippen molar-refractivity contribution in [3.8, 4) is 0 Å². The molecule has 180 valence electrons. The van der Waals surface area contributed by atoms with E-state index in [0.717, 1.165) is 28.5 Å². The van der Waals surface area contributed by atoms with E-state index < -0.39 is 73.5 Å². The summed E-state index contributed by atoms with van der Waals surface area (Å²) in [6.07, 6.45) is -7.30. The van der Waals surface area contributed by atoms with Crippen LogP contribution in [0.1, 0.15) is 13.8 Å². The Kier molecular flexibility index (Phi) is 14.4. The molecule has 0 saturated heterocycles. The highest BCUT2D eigenvalue weighted by Gasteiger charge is 2.31. The predicted octanol–water partition coefficient (Wildman–Crippen LogP) is -3.56. The monoisotopic (exact) mass is 488 g/mol. The van der Waals surface area contributed by atoms with Crippen molar-refractivity contribution in [2.45, 2.75) is 50.3 Å². The number of aliphatic hydroxyl groups excluding tert-OH is 5. The van der Waals surface area contributed by atoms with Crippen LogP contribution in [0.2, 0.25) is 0 Å². The van der Waals surface area contributed by atoms with Gasteiger partial charge in [-0.1, -0.05) is 21.6 Å². The number of rotatable bonds is 15. The minimum absolute atomic E-state index is 0.0165. The van der Waals surface area contributed by atoms with E-state index in [1.807, 2.05) is 0 Å². The molecular formula is C16H28N2O11S2. The Morgan fingerprint density at radius 1 is 0.839 bits per heavy atom. The third-order valence-corrected chi connectivity index (χ3v) is 6.03. The van der Waals surface area contributed by atoms with Gasteiger partial charge in [0.2, 0.25) is 11.8 Å². The lowest BCUT2D eigenvalue weighted by Crippen LogP contribution is -2.48. The van der Waals surface area contributed by atoms with Crippen LogP contribution in [0.15, 0.2) is 0 Å². The molecule has 0 aliphatic heterocycles. The summed E-state index contributed by atoms with van der Waals surface area (Å²) in [5.41, 5.74) is 0. The molecule has 0 aromatic heterocycles.